The molecule has 4 heteroatoms. The standard InChI is InChI=1S/C12H17FN2S/c1-2-3-4-8-16-10-7-5-6-9(13)11(10)12(14)15/h5-7H,2-4,8H2,1H3,(H3,14,15). The number of unbranched alkanes of at least 4 members (excludes halogenated alkanes) is 2. The minimum absolute atomic E-state index is 0.198. The molecule has 0 radical (unpaired) electrons. The fourth-order valence-electron chi connectivity index (χ4n) is 1.42. The van der Waals surface area contributed by atoms with Crippen molar-refractivity contribution in [2.75, 3.05) is 5.75 Å². The Morgan fingerprint density at radius 1 is 1.44 bits per heavy atom. The molecule has 0 unspecified atom stereocenters. The van der Waals surface area contributed by atoms with Crippen LogP contribution in [-0.4, -0.2) is 11.6 Å². The molecule has 0 aromatic heterocycles. The van der Waals surface area contributed by atoms with Gasteiger partial charge in [-0.2, -0.15) is 0 Å². The lowest BCUT2D eigenvalue weighted by Crippen LogP contribution is -2.14. The molecule has 2 nitrogen and oxygen atoms in total. The number of benzene rings is 1. The molecule has 0 spiro atoms. The van der Waals surface area contributed by atoms with Gasteiger partial charge >= 0.3 is 0 Å². The Morgan fingerprint density at radius 2 is 2.19 bits per heavy atom. The van der Waals surface area contributed by atoms with E-state index in [0.29, 0.717) is 0 Å². The maximum atomic E-state index is 13.4. The molecule has 88 valence electrons. The van der Waals surface area contributed by atoms with Crippen LogP contribution in [0.1, 0.15) is 31.7 Å². The third kappa shape index (κ3) is 3.52. The van der Waals surface area contributed by atoms with Crippen molar-refractivity contribution in [3.63, 3.8) is 0 Å². The highest BCUT2D eigenvalue weighted by Gasteiger charge is 2.10. The molecular formula is C12H17FN2S. The second-order valence-corrected chi connectivity index (χ2v) is 4.72. The monoisotopic (exact) mass is 240 g/mol. The average molecular weight is 240 g/mol. The van der Waals surface area contributed by atoms with Crippen LogP contribution >= 0.6 is 11.8 Å². The van der Waals surface area contributed by atoms with Gasteiger partial charge in [0.1, 0.15) is 11.7 Å². The molecule has 0 saturated carbocycles. The van der Waals surface area contributed by atoms with E-state index in [1.54, 1.807) is 17.8 Å². The molecule has 1 aromatic rings. The summed E-state index contributed by atoms with van der Waals surface area (Å²) in [5.74, 6) is 0.335. The van der Waals surface area contributed by atoms with Crippen LogP contribution in [-0.2, 0) is 0 Å². The number of nitrogen functional groups attached to an aromatic ring is 1. The Balaban J connectivity index is 2.71. The van der Waals surface area contributed by atoms with E-state index >= 15 is 0 Å². The Hall–Kier alpha value is -1.03. The van der Waals surface area contributed by atoms with Gasteiger partial charge in [0.05, 0.1) is 5.56 Å². The summed E-state index contributed by atoms with van der Waals surface area (Å²) in [6.45, 7) is 2.15. The van der Waals surface area contributed by atoms with Gasteiger partial charge in [-0.3, -0.25) is 5.41 Å². The van der Waals surface area contributed by atoms with Gasteiger partial charge in [-0.25, -0.2) is 4.39 Å². The van der Waals surface area contributed by atoms with Gasteiger partial charge < -0.3 is 5.73 Å². The van der Waals surface area contributed by atoms with E-state index in [9.17, 15) is 4.39 Å². The van der Waals surface area contributed by atoms with Gasteiger partial charge in [0.15, 0.2) is 0 Å². The lowest BCUT2D eigenvalue weighted by atomic mass is 10.2. The van der Waals surface area contributed by atoms with Crippen LogP contribution in [0, 0.1) is 11.2 Å². The number of rotatable bonds is 6. The molecule has 0 heterocycles. The van der Waals surface area contributed by atoms with E-state index in [4.69, 9.17) is 11.1 Å². The SMILES string of the molecule is CCCCCSc1cccc(F)c1C(=N)N. The van der Waals surface area contributed by atoms with Crippen LogP contribution in [0.25, 0.3) is 0 Å². The smallest absolute Gasteiger partial charge is 0.135 e. The van der Waals surface area contributed by atoms with Crippen molar-refractivity contribution in [2.45, 2.75) is 31.1 Å². The minimum Gasteiger partial charge on any atom is -0.384 e. The predicted octanol–water partition coefficient (Wildman–Crippen LogP) is 3.39. The van der Waals surface area contributed by atoms with Gasteiger partial charge in [-0.1, -0.05) is 25.8 Å². The first-order chi connectivity index (χ1) is 7.66. The topological polar surface area (TPSA) is 49.9 Å². The number of nitrogens with one attached hydrogen (secondary N) is 1. The van der Waals surface area contributed by atoms with Crippen molar-refractivity contribution >= 4 is 17.6 Å². The van der Waals surface area contributed by atoms with Crippen molar-refractivity contribution < 1.29 is 4.39 Å². The Labute approximate surface area is 99.9 Å². The molecule has 3 N–H and O–H groups in total. The molecule has 0 saturated heterocycles. The molecule has 0 aliphatic rings. The number of amidine groups is 1. The summed E-state index contributed by atoms with van der Waals surface area (Å²) >= 11 is 1.57. The van der Waals surface area contributed by atoms with Gasteiger partial charge in [-0.15, -0.1) is 11.8 Å². The second kappa shape index (κ2) is 6.53. The van der Waals surface area contributed by atoms with Gasteiger partial charge in [0.2, 0.25) is 0 Å². The van der Waals surface area contributed by atoms with Gasteiger partial charge in [0, 0.05) is 4.90 Å². The summed E-state index contributed by atoms with van der Waals surface area (Å²) in [5, 5.41) is 7.36. The molecule has 0 bridgehead atoms. The number of halogens is 1. The van der Waals surface area contributed by atoms with Crippen LogP contribution in [0.2, 0.25) is 0 Å². The number of hydrogen-bond acceptors (Lipinski definition) is 2. The first-order valence-electron chi connectivity index (χ1n) is 5.42. The third-order valence-corrected chi connectivity index (χ3v) is 3.39. The Morgan fingerprint density at radius 3 is 2.81 bits per heavy atom. The average Bonchev–Trinajstić information content (AvgIpc) is 2.24. The molecule has 0 atom stereocenters. The number of hydrogen-bond donors (Lipinski definition) is 2. The Bertz CT molecular complexity index is 366. The van der Waals surface area contributed by atoms with Crippen molar-refractivity contribution in [1.29, 1.82) is 5.41 Å². The van der Waals surface area contributed by atoms with Crippen LogP contribution in [0.15, 0.2) is 23.1 Å². The largest absolute Gasteiger partial charge is 0.384 e. The molecule has 0 aliphatic heterocycles. The zero-order chi connectivity index (χ0) is 12.0. The van der Waals surface area contributed by atoms with E-state index < -0.39 is 5.82 Å². The zero-order valence-electron chi connectivity index (χ0n) is 9.42. The molecule has 0 amide bonds. The summed E-state index contributed by atoms with van der Waals surface area (Å²) in [4.78, 5) is 0.767. The van der Waals surface area contributed by atoms with Crippen molar-refractivity contribution in [3.8, 4) is 0 Å². The third-order valence-electron chi connectivity index (χ3n) is 2.25. The molecule has 0 aliphatic carbocycles. The molecule has 1 aromatic carbocycles. The maximum absolute atomic E-state index is 13.4. The highest BCUT2D eigenvalue weighted by atomic mass is 32.2. The number of nitrogens with two attached hydrogens (primary N) is 1. The summed E-state index contributed by atoms with van der Waals surface area (Å²) < 4.78 is 13.4. The quantitative estimate of drug-likeness (QED) is 0.346. The van der Waals surface area contributed by atoms with Gasteiger partial charge in [0.25, 0.3) is 0 Å². The predicted molar refractivity (Wildman–Crippen MR) is 67.7 cm³/mol. The maximum Gasteiger partial charge on any atom is 0.135 e. The van der Waals surface area contributed by atoms with Crippen LogP contribution < -0.4 is 5.73 Å². The second-order valence-electron chi connectivity index (χ2n) is 3.58. The Kier molecular flexibility index (Phi) is 5.32. The van der Waals surface area contributed by atoms with E-state index in [2.05, 4.69) is 6.92 Å². The van der Waals surface area contributed by atoms with Crippen molar-refractivity contribution in [2.24, 2.45) is 5.73 Å². The molecule has 16 heavy (non-hydrogen) atoms. The fraction of sp³-hybridized carbons (Fsp3) is 0.417. The lowest BCUT2D eigenvalue weighted by molar-refractivity contribution is 0.621. The summed E-state index contributed by atoms with van der Waals surface area (Å²) in [6.07, 6.45) is 3.45. The molecule has 1 rings (SSSR count). The summed E-state index contributed by atoms with van der Waals surface area (Å²) in [5.41, 5.74) is 5.62. The zero-order valence-corrected chi connectivity index (χ0v) is 10.2. The normalized spacial score (nSPS) is 10.4. The van der Waals surface area contributed by atoms with Crippen LogP contribution in [0.4, 0.5) is 4.39 Å². The summed E-state index contributed by atoms with van der Waals surface area (Å²) in [7, 11) is 0. The fourth-order valence-corrected chi connectivity index (χ4v) is 2.52. The van der Waals surface area contributed by atoms with E-state index in [0.717, 1.165) is 17.1 Å². The first-order valence-corrected chi connectivity index (χ1v) is 6.41. The highest BCUT2D eigenvalue weighted by molar-refractivity contribution is 7.99. The van der Waals surface area contributed by atoms with E-state index in [-0.39, 0.29) is 11.4 Å². The lowest BCUT2D eigenvalue weighted by Gasteiger charge is -2.08. The summed E-state index contributed by atoms with van der Waals surface area (Å²) in [6, 6.07) is 4.81. The van der Waals surface area contributed by atoms with E-state index in [1.807, 2.05) is 6.07 Å². The van der Waals surface area contributed by atoms with Gasteiger partial charge in [-0.05, 0) is 24.3 Å². The number of thioether (sulfide) groups is 1. The molecular weight excluding hydrogens is 223 g/mol. The molecule has 0 fully saturated rings. The van der Waals surface area contributed by atoms with Crippen LogP contribution in [0.3, 0.4) is 0 Å². The van der Waals surface area contributed by atoms with Crippen molar-refractivity contribution in [1.82, 2.24) is 0 Å². The van der Waals surface area contributed by atoms with Crippen LogP contribution in [0.5, 0.6) is 0 Å². The first kappa shape index (κ1) is 13.0. The highest BCUT2D eigenvalue weighted by Crippen LogP contribution is 2.25. The minimum atomic E-state index is -0.409. The van der Waals surface area contributed by atoms with Crippen molar-refractivity contribution in [3.05, 3.63) is 29.6 Å². The van der Waals surface area contributed by atoms with E-state index in [1.165, 1.54) is 18.9 Å².